The van der Waals surface area contributed by atoms with E-state index in [0.717, 1.165) is 51.1 Å². The molecule has 67 heavy (non-hydrogen) atoms. The number of nitrogens with zero attached hydrogens (tertiary/aromatic N) is 7. The molecule has 0 aliphatic carbocycles. The molecule has 1 aromatic carbocycles. The third-order valence-corrected chi connectivity index (χ3v) is 14.4. The van der Waals surface area contributed by atoms with Gasteiger partial charge in [0.05, 0.1) is 34.8 Å². The maximum Gasteiger partial charge on any atom is 0.324 e. The summed E-state index contributed by atoms with van der Waals surface area (Å²) >= 11 is 1.41. The Morgan fingerprint density at radius 1 is 1.12 bits per heavy atom. The van der Waals surface area contributed by atoms with E-state index in [4.69, 9.17) is 19.4 Å². The number of benzene rings is 1. The lowest BCUT2D eigenvalue weighted by atomic mass is 9.84. The zero-order chi connectivity index (χ0) is 48.3. The first-order valence-electron chi connectivity index (χ1n) is 23.5. The van der Waals surface area contributed by atoms with E-state index in [-0.39, 0.29) is 43.0 Å². The van der Waals surface area contributed by atoms with E-state index in [9.17, 15) is 24.0 Å². The molecule has 2 saturated heterocycles. The van der Waals surface area contributed by atoms with Gasteiger partial charge in [0, 0.05) is 98.9 Å². The molecular formula is C50H67N9O7S. The molecule has 1 unspecified atom stereocenters. The van der Waals surface area contributed by atoms with E-state index in [0.29, 0.717) is 56.9 Å². The highest BCUT2D eigenvalue weighted by Gasteiger charge is 2.40. The second-order valence-corrected chi connectivity index (χ2v) is 20.2. The van der Waals surface area contributed by atoms with Crippen LogP contribution >= 0.6 is 11.3 Å². The number of rotatable bonds is 10. The summed E-state index contributed by atoms with van der Waals surface area (Å²) in [4.78, 5) is 84.3. The molecule has 16 nitrogen and oxygen atoms in total. The van der Waals surface area contributed by atoms with Crippen LogP contribution in [0.1, 0.15) is 89.6 Å². The van der Waals surface area contributed by atoms with Crippen molar-refractivity contribution in [2.75, 3.05) is 47.4 Å². The normalized spacial score (nSPS) is 21.0. The molecule has 6 heterocycles. The van der Waals surface area contributed by atoms with Gasteiger partial charge in [-0.05, 0) is 87.8 Å². The molecule has 2 fully saturated rings. The minimum Gasteiger partial charge on any atom is -0.464 e. The van der Waals surface area contributed by atoms with Crippen LogP contribution in [0.4, 0.5) is 4.79 Å². The molecule has 3 aromatic heterocycles. The first kappa shape index (κ1) is 49.3. The molecule has 6 bridgehead atoms. The SMILES string of the molecule is C=CC(=O)N(C)[C@@H]1CCCN(C(=O)N(C)C(C(=O)N[C@H]2Cc3nc(cs3)-c3ccc4c(c3)c(c(-c3cccnc3[C@H](C)OC)n4CC)CC(C)(C)COC(=O)[C@@H]3CCCN(N3)C2=O)C(C)C)C1. The molecule has 3 aliphatic rings. The van der Waals surface area contributed by atoms with Crippen molar-refractivity contribution >= 4 is 52.0 Å². The summed E-state index contributed by atoms with van der Waals surface area (Å²) in [6, 6.07) is 7.06. The predicted octanol–water partition coefficient (Wildman–Crippen LogP) is 6.39. The number of hydrazine groups is 1. The minimum atomic E-state index is -1.09. The van der Waals surface area contributed by atoms with Gasteiger partial charge in [-0.3, -0.25) is 29.2 Å². The first-order chi connectivity index (χ1) is 32.0. The van der Waals surface area contributed by atoms with Gasteiger partial charge in [-0.2, -0.15) is 0 Å². The quantitative estimate of drug-likeness (QED) is 0.134. The number of hydrogen-bond donors (Lipinski definition) is 2. The lowest BCUT2D eigenvalue weighted by Gasteiger charge is -2.41. The van der Waals surface area contributed by atoms with Gasteiger partial charge in [0.1, 0.15) is 18.1 Å². The number of hydrogen-bond acceptors (Lipinski definition) is 11. The van der Waals surface area contributed by atoms with Crippen molar-refractivity contribution in [1.82, 2.24) is 45.0 Å². The van der Waals surface area contributed by atoms with E-state index in [1.54, 1.807) is 37.2 Å². The summed E-state index contributed by atoms with van der Waals surface area (Å²) in [5.74, 6) is -1.92. The number of carbonyl (C=O) groups excluding carboxylic acids is 5. The number of aromatic nitrogens is 3. The number of likely N-dealkylation sites (N-methyl/N-ethyl adjacent to an activating group) is 2. The molecule has 3 aliphatic heterocycles. The van der Waals surface area contributed by atoms with Crippen LogP contribution in [0.5, 0.6) is 0 Å². The van der Waals surface area contributed by atoms with Crippen molar-refractivity contribution in [2.24, 2.45) is 11.3 Å². The Kier molecular flexibility index (Phi) is 15.2. The van der Waals surface area contributed by atoms with Gasteiger partial charge in [-0.1, -0.05) is 40.3 Å². The number of esters is 1. The molecule has 17 heteroatoms. The lowest BCUT2D eigenvalue weighted by molar-refractivity contribution is -0.155. The van der Waals surface area contributed by atoms with Gasteiger partial charge in [0.15, 0.2) is 0 Å². The molecule has 2 N–H and O–H groups in total. The van der Waals surface area contributed by atoms with Gasteiger partial charge in [-0.25, -0.2) is 15.2 Å². The molecular weight excluding hydrogens is 871 g/mol. The number of cyclic esters (lactones) is 1. The van der Waals surface area contributed by atoms with E-state index < -0.39 is 41.3 Å². The number of methoxy groups -OCH3 is 1. The summed E-state index contributed by atoms with van der Waals surface area (Å²) in [7, 11) is 4.99. The maximum absolute atomic E-state index is 14.7. The number of urea groups is 1. The molecule has 7 rings (SSSR count). The lowest BCUT2D eigenvalue weighted by Crippen LogP contribution is -2.63. The largest absolute Gasteiger partial charge is 0.464 e. The van der Waals surface area contributed by atoms with Gasteiger partial charge in [0.2, 0.25) is 11.8 Å². The number of likely N-dealkylation sites (tertiary alicyclic amines) is 1. The van der Waals surface area contributed by atoms with Crippen LogP contribution in [0, 0.1) is 11.3 Å². The van der Waals surface area contributed by atoms with Crippen LogP contribution in [0.25, 0.3) is 33.4 Å². The van der Waals surface area contributed by atoms with Crippen LogP contribution in [0.15, 0.2) is 54.6 Å². The number of ether oxygens (including phenoxy) is 2. The van der Waals surface area contributed by atoms with Crippen molar-refractivity contribution in [3.8, 4) is 22.5 Å². The third-order valence-electron chi connectivity index (χ3n) is 13.5. The fourth-order valence-electron chi connectivity index (χ4n) is 9.86. The van der Waals surface area contributed by atoms with Crippen molar-refractivity contribution in [3.05, 3.63) is 70.8 Å². The Morgan fingerprint density at radius 2 is 1.88 bits per heavy atom. The summed E-state index contributed by atoms with van der Waals surface area (Å²) < 4.78 is 14.2. The second kappa shape index (κ2) is 20.7. The van der Waals surface area contributed by atoms with Crippen molar-refractivity contribution < 1.29 is 33.4 Å². The van der Waals surface area contributed by atoms with Crippen LogP contribution in [-0.2, 0) is 48.0 Å². The third kappa shape index (κ3) is 10.4. The molecule has 5 atom stereocenters. The number of carbonyl (C=O) groups is 5. The van der Waals surface area contributed by atoms with E-state index in [2.05, 4.69) is 66.9 Å². The second-order valence-electron chi connectivity index (χ2n) is 19.2. The smallest absolute Gasteiger partial charge is 0.324 e. The molecule has 4 aromatic rings. The molecule has 0 radical (unpaired) electrons. The predicted molar refractivity (Wildman–Crippen MR) is 259 cm³/mol. The highest BCUT2D eigenvalue weighted by atomic mass is 32.1. The number of nitrogens with one attached hydrogen (secondary N) is 2. The fraction of sp³-hybridized carbons (Fsp3) is 0.540. The first-order valence-corrected chi connectivity index (χ1v) is 24.4. The highest BCUT2D eigenvalue weighted by molar-refractivity contribution is 7.10. The average Bonchev–Trinajstić information content (AvgIpc) is 3.92. The van der Waals surface area contributed by atoms with Gasteiger partial charge in [0.25, 0.3) is 5.91 Å². The van der Waals surface area contributed by atoms with Crippen LogP contribution in [-0.4, -0.2) is 136 Å². The molecule has 0 spiro atoms. The number of thiazole rings is 1. The number of aryl methyl sites for hydroxylation is 1. The molecule has 360 valence electrons. The van der Waals surface area contributed by atoms with Gasteiger partial charge < -0.3 is 34.1 Å². The Bertz CT molecular complexity index is 2500. The number of piperidine rings is 1. The van der Waals surface area contributed by atoms with E-state index in [1.165, 1.54) is 27.3 Å². The average molecular weight is 938 g/mol. The summed E-state index contributed by atoms with van der Waals surface area (Å²) in [6.07, 6.45) is 5.88. The Labute approximate surface area is 398 Å². The monoisotopic (exact) mass is 937 g/mol. The van der Waals surface area contributed by atoms with Crippen LogP contribution in [0.3, 0.4) is 0 Å². The zero-order valence-corrected chi connectivity index (χ0v) is 41.3. The summed E-state index contributed by atoms with van der Waals surface area (Å²) in [6.45, 7) is 17.6. The van der Waals surface area contributed by atoms with E-state index >= 15 is 0 Å². The summed E-state index contributed by atoms with van der Waals surface area (Å²) in [5, 5.41) is 8.11. The molecule has 5 amide bonds. The van der Waals surface area contributed by atoms with E-state index in [1.807, 2.05) is 32.2 Å². The van der Waals surface area contributed by atoms with Crippen LogP contribution in [0.2, 0.25) is 0 Å². The van der Waals surface area contributed by atoms with Crippen molar-refractivity contribution in [2.45, 2.75) is 117 Å². The van der Waals surface area contributed by atoms with Crippen molar-refractivity contribution in [3.63, 3.8) is 0 Å². The summed E-state index contributed by atoms with van der Waals surface area (Å²) in [5.41, 5.74) is 9.25. The standard InChI is InChI=1S/C50H67N9O7S/c1-11-42(60)55(8)33-16-14-22-57(27-33)49(64)56(9)44(30(3)4)46(61)53-38-25-41-52-39(28-67-41)32-19-20-40-35(24-32)36(45(58(40)12-2)34-17-13-21-51-43(34)31(5)65-10)26-50(6,7)29-66-48(63)37-18-15-23-59(54-37)47(38)62/h11,13,17,19-21,24,28,30-31,33,37-38,44,54H,1,12,14-16,18,22-23,25-27,29H2,2-10H3,(H,53,61)/t31-,33+,37-,38-,44?/m0/s1. The number of amides is 5. The minimum absolute atomic E-state index is 0.0714. The van der Waals surface area contributed by atoms with Gasteiger partial charge in [-0.15, -0.1) is 11.3 Å². The number of fused-ring (bicyclic) bond motifs is 6. The molecule has 0 saturated carbocycles. The Hall–Kier alpha value is -5.65. The highest BCUT2D eigenvalue weighted by Crippen LogP contribution is 2.42. The fourth-order valence-corrected chi connectivity index (χ4v) is 10.7. The van der Waals surface area contributed by atoms with Crippen molar-refractivity contribution in [1.29, 1.82) is 0 Å². The van der Waals surface area contributed by atoms with Crippen LogP contribution < -0.4 is 10.7 Å². The zero-order valence-electron chi connectivity index (χ0n) is 40.5. The maximum atomic E-state index is 14.7. The Morgan fingerprint density at radius 3 is 2.60 bits per heavy atom. The number of pyridine rings is 1. The topological polar surface area (TPSA) is 172 Å². The van der Waals surface area contributed by atoms with Gasteiger partial charge >= 0.3 is 12.0 Å². The Balaban J connectivity index is 1.25.